The molecule has 0 saturated heterocycles. The maximum Gasteiger partial charge on any atom is 0.291 e. The molecule has 0 aliphatic carbocycles. The summed E-state index contributed by atoms with van der Waals surface area (Å²) < 4.78 is 5.40. The number of H-pyrrole nitrogens is 2. The first-order valence-corrected chi connectivity index (χ1v) is 9.69. The van der Waals surface area contributed by atoms with Crippen molar-refractivity contribution < 1.29 is 9.21 Å². The van der Waals surface area contributed by atoms with Crippen LogP contribution < -0.4 is 10.9 Å². The normalized spacial score (nSPS) is 11.3. The van der Waals surface area contributed by atoms with Gasteiger partial charge in [-0.15, -0.1) is 0 Å². The number of carbonyl (C=O) groups is 1. The molecule has 6 nitrogen and oxygen atoms in total. The van der Waals surface area contributed by atoms with Gasteiger partial charge in [0.2, 0.25) is 0 Å². The largest absolute Gasteiger partial charge is 0.456 e. The summed E-state index contributed by atoms with van der Waals surface area (Å²) in [6.07, 6.45) is 0. The van der Waals surface area contributed by atoms with Crippen molar-refractivity contribution >= 4 is 45.1 Å². The van der Waals surface area contributed by atoms with Crippen LogP contribution in [0.5, 0.6) is 0 Å². The summed E-state index contributed by atoms with van der Waals surface area (Å²) in [6.45, 7) is 1.75. The Morgan fingerprint density at radius 1 is 1.00 bits per heavy atom. The van der Waals surface area contributed by atoms with E-state index in [1.807, 2.05) is 36.4 Å². The molecule has 7 heteroatoms. The molecule has 0 atom stereocenters. The highest BCUT2D eigenvalue weighted by atomic mass is 35.5. The number of benzene rings is 2. The molecule has 0 spiro atoms. The highest BCUT2D eigenvalue weighted by Gasteiger charge is 2.21. The monoisotopic (exact) mass is 417 g/mol. The lowest BCUT2D eigenvalue weighted by atomic mass is 10.0. The topological polar surface area (TPSA) is 90.9 Å². The van der Waals surface area contributed by atoms with Crippen molar-refractivity contribution in [3.8, 4) is 11.1 Å². The van der Waals surface area contributed by atoms with Crippen LogP contribution in [0.15, 0.2) is 69.9 Å². The van der Waals surface area contributed by atoms with E-state index < -0.39 is 11.5 Å². The van der Waals surface area contributed by atoms with E-state index in [-0.39, 0.29) is 11.4 Å². The molecular weight excluding hydrogens is 402 g/mol. The first kappa shape index (κ1) is 18.3. The molecule has 1 amide bonds. The summed E-state index contributed by atoms with van der Waals surface area (Å²) in [7, 11) is 0. The van der Waals surface area contributed by atoms with Crippen LogP contribution in [0.25, 0.3) is 33.1 Å². The molecule has 30 heavy (non-hydrogen) atoms. The van der Waals surface area contributed by atoms with Gasteiger partial charge in [0.1, 0.15) is 11.4 Å². The lowest BCUT2D eigenvalue weighted by molar-refractivity contribution is 0.0995. The molecule has 5 aromatic rings. The van der Waals surface area contributed by atoms with Gasteiger partial charge in [-0.25, -0.2) is 0 Å². The maximum absolute atomic E-state index is 13.1. The Kier molecular flexibility index (Phi) is 4.22. The lowest BCUT2D eigenvalue weighted by Crippen LogP contribution is -2.20. The summed E-state index contributed by atoms with van der Waals surface area (Å²) in [6, 6.07) is 18.1. The second kappa shape index (κ2) is 6.93. The van der Waals surface area contributed by atoms with Crippen molar-refractivity contribution in [3.05, 3.63) is 87.6 Å². The van der Waals surface area contributed by atoms with E-state index in [0.29, 0.717) is 27.4 Å². The highest BCUT2D eigenvalue weighted by molar-refractivity contribution is 6.32. The number of amides is 1. The molecule has 0 radical (unpaired) electrons. The number of aromatic nitrogens is 2. The molecule has 148 valence electrons. The average Bonchev–Trinajstić information content (AvgIpc) is 3.32. The summed E-state index contributed by atoms with van der Waals surface area (Å²) >= 11 is 6.17. The van der Waals surface area contributed by atoms with E-state index in [9.17, 15) is 9.59 Å². The summed E-state index contributed by atoms with van der Waals surface area (Å²) in [5.41, 5.74) is 3.26. The highest BCUT2D eigenvalue weighted by Crippen LogP contribution is 2.36. The quantitative estimate of drug-likeness (QED) is 0.363. The Labute approximate surface area is 175 Å². The van der Waals surface area contributed by atoms with E-state index in [1.165, 1.54) is 0 Å². The van der Waals surface area contributed by atoms with Crippen LogP contribution in [0.3, 0.4) is 0 Å². The number of halogens is 1. The summed E-state index contributed by atoms with van der Waals surface area (Å²) in [4.78, 5) is 32.1. The predicted molar refractivity (Wildman–Crippen MR) is 118 cm³/mol. The molecule has 0 aliphatic rings. The third-order valence-corrected chi connectivity index (χ3v) is 5.23. The minimum absolute atomic E-state index is 0.134. The zero-order chi connectivity index (χ0) is 20.8. The number of pyridine rings is 1. The minimum Gasteiger partial charge on any atom is -0.456 e. The Morgan fingerprint density at radius 3 is 2.53 bits per heavy atom. The summed E-state index contributed by atoms with van der Waals surface area (Å²) in [5.74, 6) is 0.249. The second-order valence-electron chi connectivity index (χ2n) is 7.00. The minimum atomic E-state index is -0.496. The van der Waals surface area contributed by atoms with Crippen LogP contribution in [0.2, 0.25) is 5.02 Å². The van der Waals surface area contributed by atoms with Crippen LogP contribution in [0.1, 0.15) is 16.3 Å². The van der Waals surface area contributed by atoms with Crippen LogP contribution in [0, 0.1) is 6.92 Å². The first-order chi connectivity index (χ1) is 14.5. The van der Waals surface area contributed by atoms with Crippen molar-refractivity contribution in [1.29, 1.82) is 0 Å². The number of aryl methyl sites for hydroxylation is 1. The van der Waals surface area contributed by atoms with Gasteiger partial charge >= 0.3 is 0 Å². The number of hydrogen-bond acceptors (Lipinski definition) is 3. The van der Waals surface area contributed by atoms with Crippen LogP contribution >= 0.6 is 11.6 Å². The number of rotatable bonds is 3. The van der Waals surface area contributed by atoms with Gasteiger partial charge in [0.15, 0.2) is 5.76 Å². The van der Waals surface area contributed by atoms with Gasteiger partial charge in [-0.3, -0.25) is 9.59 Å². The van der Waals surface area contributed by atoms with Gasteiger partial charge in [0.05, 0.1) is 11.0 Å². The fourth-order valence-corrected chi connectivity index (χ4v) is 3.81. The van der Waals surface area contributed by atoms with Gasteiger partial charge in [-0.05, 0) is 42.8 Å². The van der Waals surface area contributed by atoms with E-state index in [2.05, 4.69) is 15.3 Å². The molecule has 0 unspecified atom stereocenters. The van der Waals surface area contributed by atoms with E-state index in [1.54, 1.807) is 31.2 Å². The Hall–Kier alpha value is -3.77. The van der Waals surface area contributed by atoms with Crippen LogP contribution in [0.4, 0.5) is 5.69 Å². The molecule has 3 aromatic heterocycles. The first-order valence-electron chi connectivity index (χ1n) is 9.31. The molecule has 0 fully saturated rings. The Bertz CT molecular complexity index is 1480. The maximum atomic E-state index is 13.1. The van der Waals surface area contributed by atoms with Gasteiger partial charge in [-0.2, -0.15) is 0 Å². The molecular formula is C23H16ClN3O3. The van der Waals surface area contributed by atoms with Crippen LogP contribution in [-0.2, 0) is 0 Å². The number of furan rings is 1. The number of anilines is 1. The molecule has 0 saturated carbocycles. The van der Waals surface area contributed by atoms with Gasteiger partial charge in [0.25, 0.3) is 11.5 Å². The van der Waals surface area contributed by atoms with Gasteiger partial charge in [0, 0.05) is 21.5 Å². The fraction of sp³-hybridized carbons (Fsp3) is 0.0435. The Morgan fingerprint density at radius 2 is 1.80 bits per heavy atom. The van der Waals surface area contributed by atoms with Gasteiger partial charge < -0.3 is 19.7 Å². The third-order valence-electron chi connectivity index (χ3n) is 4.99. The molecule has 3 N–H and O–H groups in total. The molecule has 2 aromatic carbocycles. The molecule has 0 aliphatic heterocycles. The number of aromatic amines is 2. The van der Waals surface area contributed by atoms with E-state index >= 15 is 0 Å². The SMILES string of the molecule is Cc1ccc(C(=O)Nc2c(-c3ccccc3)c3[nH]c4ccc(Cl)cc4c3[nH]c2=O)o1. The number of carbonyl (C=O) groups excluding carboxylic acids is 1. The number of nitrogens with one attached hydrogen (secondary N) is 3. The van der Waals surface area contributed by atoms with Crippen molar-refractivity contribution in [2.45, 2.75) is 6.92 Å². The van der Waals surface area contributed by atoms with Gasteiger partial charge in [-0.1, -0.05) is 41.9 Å². The number of hydrogen-bond donors (Lipinski definition) is 3. The van der Waals surface area contributed by atoms with Crippen molar-refractivity contribution in [2.24, 2.45) is 0 Å². The fourth-order valence-electron chi connectivity index (χ4n) is 3.64. The smallest absolute Gasteiger partial charge is 0.291 e. The second-order valence-corrected chi connectivity index (χ2v) is 7.44. The predicted octanol–water partition coefficient (Wildman–Crippen LogP) is 5.48. The lowest BCUT2D eigenvalue weighted by Gasteiger charge is -2.11. The number of fused-ring (bicyclic) bond motifs is 3. The molecule has 0 bridgehead atoms. The van der Waals surface area contributed by atoms with Crippen LogP contribution in [-0.4, -0.2) is 15.9 Å². The van der Waals surface area contributed by atoms with Crippen molar-refractivity contribution in [1.82, 2.24) is 9.97 Å². The Balaban J connectivity index is 1.79. The molecule has 5 rings (SSSR count). The summed E-state index contributed by atoms with van der Waals surface area (Å²) in [5, 5.41) is 4.10. The van der Waals surface area contributed by atoms with Crippen molar-refractivity contribution in [2.75, 3.05) is 5.32 Å². The van der Waals surface area contributed by atoms with Crippen molar-refractivity contribution in [3.63, 3.8) is 0 Å². The van der Waals surface area contributed by atoms with E-state index in [4.69, 9.17) is 16.0 Å². The average molecular weight is 418 g/mol. The third kappa shape index (κ3) is 2.98. The zero-order valence-electron chi connectivity index (χ0n) is 15.9. The molecule has 3 heterocycles. The van der Waals surface area contributed by atoms with E-state index in [0.717, 1.165) is 16.5 Å². The zero-order valence-corrected chi connectivity index (χ0v) is 16.6. The standard InChI is InChI=1S/C23H16ClN3O3/c1-12-7-10-17(30-12)22(28)27-21-18(13-5-3-2-4-6-13)20-19(26-23(21)29)15-11-14(24)8-9-16(15)25-20/h2-11,25H,1H3,(H,26,29)(H,27,28).